The number of halogens is 1. The van der Waals surface area contributed by atoms with Crippen LogP contribution < -0.4 is 0 Å². The molecule has 0 unspecified atom stereocenters. The SMILES string of the molecule is C=CCl.CC(=O)O.c1ccncc1. The van der Waals surface area contributed by atoms with Crippen LogP contribution in [-0.2, 0) is 4.79 Å². The monoisotopic (exact) mass is 201 g/mol. The first-order chi connectivity index (χ1) is 6.15. The zero-order valence-electron chi connectivity index (χ0n) is 7.35. The average Bonchev–Trinajstić information content (AvgIpc) is 2.08. The van der Waals surface area contributed by atoms with Crippen molar-refractivity contribution in [3.63, 3.8) is 0 Å². The molecule has 3 nitrogen and oxygen atoms in total. The Morgan fingerprint density at radius 2 is 1.77 bits per heavy atom. The van der Waals surface area contributed by atoms with E-state index in [0.29, 0.717) is 0 Å². The van der Waals surface area contributed by atoms with Crippen LogP contribution in [-0.4, -0.2) is 16.1 Å². The molecule has 1 N–H and O–H groups in total. The third kappa shape index (κ3) is 36.9. The van der Waals surface area contributed by atoms with Gasteiger partial charge in [0.1, 0.15) is 0 Å². The van der Waals surface area contributed by atoms with Crippen LogP contribution in [0.15, 0.2) is 42.7 Å². The van der Waals surface area contributed by atoms with Gasteiger partial charge in [0.25, 0.3) is 5.97 Å². The number of rotatable bonds is 0. The minimum absolute atomic E-state index is 0.833. The maximum atomic E-state index is 9.00. The van der Waals surface area contributed by atoms with Crippen molar-refractivity contribution >= 4 is 17.6 Å². The van der Waals surface area contributed by atoms with Crippen molar-refractivity contribution in [1.82, 2.24) is 4.98 Å². The van der Waals surface area contributed by atoms with Crippen LogP contribution in [0.5, 0.6) is 0 Å². The van der Waals surface area contributed by atoms with E-state index in [2.05, 4.69) is 11.6 Å². The van der Waals surface area contributed by atoms with Gasteiger partial charge >= 0.3 is 0 Å². The second-order valence-corrected chi connectivity index (χ2v) is 2.01. The van der Waals surface area contributed by atoms with Gasteiger partial charge in [-0.1, -0.05) is 24.2 Å². The normalized spacial score (nSPS) is 6.62. The van der Waals surface area contributed by atoms with Gasteiger partial charge in [-0.15, -0.1) is 0 Å². The molecular formula is C9H12ClNO2. The number of aromatic nitrogens is 1. The van der Waals surface area contributed by atoms with Gasteiger partial charge in [0.05, 0.1) is 0 Å². The Hall–Kier alpha value is -1.35. The fourth-order valence-corrected chi connectivity index (χ4v) is 0.313. The first-order valence-corrected chi connectivity index (χ1v) is 3.84. The van der Waals surface area contributed by atoms with Crippen molar-refractivity contribution in [1.29, 1.82) is 0 Å². The lowest BCUT2D eigenvalue weighted by molar-refractivity contribution is -0.134. The summed E-state index contributed by atoms with van der Waals surface area (Å²) in [5.41, 5.74) is 1.22. The molecule has 0 spiro atoms. The highest BCUT2D eigenvalue weighted by Crippen LogP contribution is 1.73. The van der Waals surface area contributed by atoms with E-state index >= 15 is 0 Å². The fourth-order valence-electron chi connectivity index (χ4n) is 0.313. The number of nitrogens with zero attached hydrogens (tertiary/aromatic N) is 1. The summed E-state index contributed by atoms with van der Waals surface area (Å²) in [6.45, 7) is 4.21. The largest absolute Gasteiger partial charge is 0.481 e. The summed E-state index contributed by atoms with van der Waals surface area (Å²) < 4.78 is 0. The number of hydrogen-bond donors (Lipinski definition) is 1. The third-order valence-electron chi connectivity index (χ3n) is 0.566. The molecule has 0 aromatic carbocycles. The van der Waals surface area contributed by atoms with Crippen molar-refractivity contribution in [2.24, 2.45) is 0 Å². The molecule has 1 heterocycles. The van der Waals surface area contributed by atoms with Crippen LogP contribution in [0.25, 0.3) is 0 Å². The molecular weight excluding hydrogens is 190 g/mol. The standard InChI is InChI=1S/C5H5N.C2H3Cl.C2H4O2/c1-2-4-6-5-3-1;1-2-3;1-2(3)4/h1-5H;2H,1H2;1H3,(H,3,4). The molecule has 4 heteroatoms. The van der Waals surface area contributed by atoms with Crippen molar-refractivity contribution in [3.05, 3.63) is 42.7 Å². The Bertz CT molecular complexity index is 183. The number of carbonyl (C=O) groups is 1. The molecule has 1 aromatic rings. The Kier molecular flexibility index (Phi) is 14.5. The summed E-state index contributed by atoms with van der Waals surface area (Å²) in [5, 5.41) is 7.42. The van der Waals surface area contributed by atoms with Crippen molar-refractivity contribution in [2.45, 2.75) is 6.92 Å². The van der Waals surface area contributed by atoms with Crippen LogP contribution in [0.1, 0.15) is 6.92 Å². The summed E-state index contributed by atoms with van der Waals surface area (Å²) in [7, 11) is 0. The Balaban J connectivity index is 0. The third-order valence-corrected chi connectivity index (χ3v) is 0.566. The number of carboxylic acids is 1. The summed E-state index contributed by atoms with van der Waals surface area (Å²) in [6.07, 6.45) is 3.50. The molecule has 0 aliphatic heterocycles. The molecule has 0 aliphatic rings. The van der Waals surface area contributed by atoms with Gasteiger partial charge in [-0.25, -0.2) is 0 Å². The number of hydrogen-bond acceptors (Lipinski definition) is 2. The summed E-state index contributed by atoms with van der Waals surface area (Å²) in [4.78, 5) is 12.8. The van der Waals surface area contributed by atoms with Gasteiger partial charge in [-0.2, -0.15) is 0 Å². The van der Waals surface area contributed by atoms with Crippen LogP contribution in [0, 0.1) is 0 Å². The van der Waals surface area contributed by atoms with Gasteiger partial charge in [0.15, 0.2) is 0 Å². The minimum Gasteiger partial charge on any atom is -0.481 e. The number of carboxylic acid groups (broad SMARTS) is 1. The molecule has 0 radical (unpaired) electrons. The molecule has 1 aromatic heterocycles. The molecule has 0 aliphatic carbocycles. The van der Waals surface area contributed by atoms with Crippen LogP contribution in [0.2, 0.25) is 0 Å². The van der Waals surface area contributed by atoms with Gasteiger partial charge in [0.2, 0.25) is 0 Å². The minimum atomic E-state index is -0.833. The second-order valence-electron chi connectivity index (χ2n) is 1.70. The Labute approximate surface area is 82.7 Å². The number of pyridine rings is 1. The van der Waals surface area contributed by atoms with Gasteiger partial charge in [-0.3, -0.25) is 9.78 Å². The quantitative estimate of drug-likeness (QED) is 0.702. The molecule has 0 bridgehead atoms. The van der Waals surface area contributed by atoms with Crippen molar-refractivity contribution in [3.8, 4) is 0 Å². The van der Waals surface area contributed by atoms with Gasteiger partial charge in [-0.05, 0) is 17.7 Å². The van der Waals surface area contributed by atoms with E-state index < -0.39 is 5.97 Å². The Morgan fingerprint density at radius 3 is 1.85 bits per heavy atom. The highest BCUT2D eigenvalue weighted by molar-refractivity contribution is 6.25. The number of aliphatic carboxylic acids is 1. The summed E-state index contributed by atoms with van der Waals surface area (Å²) >= 11 is 4.76. The molecule has 1 rings (SSSR count). The maximum absolute atomic E-state index is 9.00. The smallest absolute Gasteiger partial charge is 0.300 e. The predicted molar refractivity (Wildman–Crippen MR) is 53.6 cm³/mol. The molecule has 0 amide bonds. The second kappa shape index (κ2) is 13.3. The zero-order valence-corrected chi connectivity index (χ0v) is 8.11. The van der Waals surface area contributed by atoms with Crippen molar-refractivity contribution in [2.75, 3.05) is 0 Å². The van der Waals surface area contributed by atoms with E-state index in [9.17, 15) is 0 Å². The molecule has 0 atom stereocenters. The van der Waals surface area contributed by atoms with E-state index in [1.807, 2.05) is 18.2 Å². The van der Waals surface area contributed by atoms with E-state index in [1.165, 1.54) is 5.54 Å². The fraction of sp³-hybridized carbons (Fsp3) is 0.111. The topological polar surface area (TPSA) is 50.2 Å². The Morgan fingerprint density at radius 1 is 1.46 bits per heavy atom. The molecule has 13 heavy (non-hydrogen) atoms. The molecule has 0 saturated heterocycles. The highest BCUT2D eigenvalue weighted by atomic mass is 35.5. The first-order valence-electron chi connectivity index (χ1n) is 3.40. The van der Waals surface area contributed by atoms with E-state index in [0.717, 1.165) is 6.92 Å². The van der Waals surface area contributed by atoms with Crippen LogP contribution in [0.3, 0.4) is 0 Å². The molecule has 72 valence electrons. The van der Waals surface area contributed by atoms with Crippen molar-refractivity contribution < 1.29 is 9.90 Å². The average molecular weight is 202 g/mol. The summed E-state index contributed by atoms with van der Waals surface area (Å²) in [6, 6.07) is 5.72. The maximum Gasteiger partial charge on any atom is 0.300 e. The first kappa shape index (κ1) is 14.2. The summed E-state index contributed by atoms with van der Waals surface area (Å²) in [5.74, 6) is -0.833. The molecule has 0 saturated carbocycles. The lowest BCUT2D eigenvalue weighted by Crippen LogP contribution is -1.78. The van der Waals surface area contributed by atoms with Crippen LogP contribution in [0.4, 0.5) is 0 Å². The lowest BCUT2D eigenvalue weighted by Gasteiger charge is -1.70. The van der Waals surface area contributed by atoms with E-state index in [4.69, 9.17) is 21.5 Å². The van der Waals surface area contributed by atoms with Gasteiger partial charge in [0, 0.05) is 19.3 Å². The predicted octanol–water partition coefficient (Wildman–Crippen LogP) is 2.54. The van der Waals surface area contributed by atoms with Gasteiger partial charge < -0.3 is 5.11 Å². The van der Waals surface area contributed by atoms with Crippen LogP contribution >= 0.6 is 11.6 Å². The molecule has 0 fully saturated rings. The zero-order chi connectivity index (χ0) is 10.5. The highest BCUT2D eigenvalue weighted by Gasteiger charge is 1.65. The van der Waals surface area contributed by atoms with E-state index in [1.54, 1.807) is 12.4 Å². The van der Waals surface area contributed by atoms with E-state index in [-0.39, 0.29) is 0 Å². The lowest BCUT2D eigenvalue weighted by atomic mass is 10.5.